The number of ether oxygens (including phenoxy) is 2. The van der Waals surface area contributed by atoms with E-state index in [-0.39, 0.29) is 17.9 Å². The minimum Gasteiger partial charge on any atom is -0.487 e. The number of nitrogens with zero attached hydrogens (tertiary/aromatic N) is 1. The predicted octanol–water partition coefficient (Wildman–Crippen LogP) is 2.28. The molecule has 2 rings (SSSR count). The summed E-state index contributed by atoms with van der Waals surface area (Å²) in [5, 5.41) is 17.6. The van der Waals surface area contributed by atoms with Crippen LogP contribution < -0.4 is 15.4 Å². The molecular weight excluding hydrogens is 402 g/mol. The second-order valence-corrected chi connectivity index (χ2v) is 6.61. The Morgan fingerprint density at radius 2 is 2.03 bits per heavy atom. The van der Waals surface area contributed by atoms with Crippen molar-refractivity contribution >= 4 is 34.9 Å². The molecule has 2 N–H and O–H groups in total. The van der Waals surface area contributed by atoms with Gasteiger partial charge in [0.1, 0.15) is 0 Å². The van der Waals surface area contributed by atoms with Gasteiger partial charge in [-0.15, -0.1) is 11.3 Å². The van der Waals surface area contributed by atoms with E-state index in [1.54, 1.807) is 18.3 Å². The number of carbonyl (C=O) groups excluding carboxylic acids is 3. The van der Waals surface area contributed by atoms with Crippen LogP contribution >= 0.6 is 11.3 Å². The molecule has 0 atom stereocenters. The van der Waals surface area contributed by atoms with E-state index in [1.165, 1.54) is 12.1 Å². The molecule has 0 aliphatic carbocycles. The van der Waals surface area contributed by atoms with E-state index >= 15 is 0 Å². The van der Waals surface area contributed by atoms with Crippen molar-refractivity contribution in [3.63, 3.8) is 0 Å². The van der Waals surface area contributed by atoms with Gasteiger partial charge < -0.3 is 14.8 Å². The van der Waals surface area contributed by atoms with Crippen molar-refractivity contribution in [1.29, 1.82) is 0 Å². The maximum Gasteiger partial charge on any atom is 0.338 e. The molecule has 0 radical (unpaired) electrons. The van der Waals surface area contributed by atoms with Crippen molar-refractivity contribution in [2.75, 3.05) is 19.8 Å². The topological polar surface area (TPSA) is 137 Å². The number of thiophene rings is 1. The minimum absolute atomic E-state index is 0.0195. The van der Waals surface area contributed by atoms with Gasteiger partial charge in [-0.2, -0.15) is 0 Å². The first kappa shape index (κ1) is 21.8. The number of nitrogens with one attached hydrogen (secondary N) is 2. The third-order valence-electron chi connectivity index (χ3n) is 3.52. The van der Waals surface area contributed by atoms with Crippen molar-refractivity contribution in [3.8, 4) is 5.75 Å². The Bertz CT molecular complexity index is 884. The van der Waals surface area contributed by atoms with E-state index in [4.69, 9.17) is 9.47 Å². The zero-order valence-electron chi connectivity index (χ0n) is 15.5. The number of imide groups is 1. The molecule has 2 aromatic rings. The van der Waals surface area contributed by atoms with Crippen LogP contribution in [0.1, 0.15) is 22.2 Å². The van der Waals surface area contributed by atoms with Crippen LogP contribution in [0.4, 0.5) is 10.5 Å². The van der Waals surface area contributed by atoms with Crippen LogP contribution in [-0.4, -0.2) is 42.6 Å². The molecule has 1 heterocycles. The van der Waals surface area contributed by atoms with Gasteiger partial charge in [0.15, 0.2) is 12.4 Å². The molecule has 0 unspecified atom stereocenters. The fourth-order valence-corrected chi connectivity index (χ4v) is 2.95. The average Bonchev–Trinajstić information content (AvgIpc) is 3.20. The van der Waals surface area contributed by atoms with Crippen LogP contribution in [0, 0.1) is 10.1 Å². The lowest BCUT2D eigenvalue weighted by Gasteiger charge is -2.08. The molecule has 0 saturated carbocycles. The monoisotopic (exact) mass is 421 g/mol. The van der Waals surface area contributed by atoms with Gasteiger partial charge >= 0.3 is 17.7 Å². The van der Waals surface area contributed by atoms with Crippen molar-refractivity contribution in [3.05, 3.63) is 56.3 Å². The summed E-state index contributed by atoms with van der Waals surface area (Å²) in [4.78, 5) is 46.9. The standard InChI is InChI=1S/C18H19N3O7S/c1-2-27-15-6-5-12(10-14(15)21(25)26)17(23)28-11-16(22)20-18(24)19-8-7-13-4-3-9-29-13/h3-6,9-10H,2,7-8,11H2,1H3,(H2,19,20,22,24). The number of nitro groups is 1. The van der Waals surface area contributed by atoms with Gasteiger partial charge in [0.2, 0.25) is 0 Å². The van der Waals surface area contributed by atoms with Crippen LogP contribution in [0.2, 0.25) is 0 Å². The number of nitro benzene ring substituents is 1. The summed E-state index contributed by atoms with van der Waals surface area (Å²) in [6, 6.07) is 6.69. The Labute approximate surface area is 170 Å². The number of hydrogen-bond donors (Lipinski definition) is 2. The summed E-state index contributed by atoms with van der Waals surface area (Å²) in [7, 11) is 0. The summed E-state index contributed by atoms with van der Waals surface area (Å²) in [6.45, 7) is 1.52. The van der Waals surface area contributed by atoms with Crippen molar-refractivity contribution < 1.29 is 28.8 Å². The van der Waals surface area contributed by atoms with E-state index in [0.717, 1.165) is 10.9 Å². The fourth-order valence-electron chi connectivity index (χ4n) is 2.24. The number of esters is 1. The molecule has 0 saturated heterocycles. The summed E-state index contributed by atoms with van der Waals surface area (Å²) >= 11 is 1.56. The first-order valence-corrected chi connectivity index (χ1v) is 9.47. The first-order chi connectivity index (χ1) is 13.9. The first-order valence-electron chi connectivity index (χ1n) is 8.59. The van der Waals surface area contributed by atoms with Gasteiger partial charge in [0, 0.05) is 17.5 Å². The van der Waals surface area contributed by atoms with Crippen LogP contribution in [0.3, 0.4) is 0 Å². The van der Waals surface area contributed by atoms with Crippen molar-refractivity contribution in [1.82, 2.24) is 10.6 Å². The van der Waals surface area contributed by atoms with Gasteiger partial charge in [-0.05, 0) is 36.9 Å². The lowest BCUT2D eigenvalue weighted by Crippen LogP contribution is -2.42. The number of carbonyl (C=O) groups is 3. The zero-order valence-corrected chi connectivity index (χ0v) is 16.3. The van der Waals surface area contributed by atoms with Gasteiger partial charge in [-0.1, -0.05) is 6.07 Å². The normalized spacial score (nSPS) is 10.1. The molecule has 0 bridgehead atoms. The van der Waals surface area contributed by atoms with E-state index in [2.05, 4.69) is 5.32 Å². The van der Waals surface area contributed by atoms with Crippen molar-refractivity contribution in [2.24, 2.45) is 0 Å². The molecule has 154 valence electrons. The highest BCUT2D eigenvalue weighted by atomic mass is 32.1. The quantitative estimate of drug-likeness (QED) is 0.360. The average molecular weight is 421 g/mol. The number of amides is 3. The third kappa shape index (κ3) is 6.88. The fraction of sp³-hybridized carbons (Fsp3) is 0.278. The molecule has 10 nitrogen and oxygen atoms in total. The Morgan fingerprint density at radius 1 is 1.24 bits per heavy atom. The molecule has 0 spiro atoms. The minimum atomic E-state index is -0.940. The van der Waals surface area contributed by atoms with Gasteiger partial charge in [0.25, 0.3) is 5.91 Å². The Kier molecular flexibility index (Phi) is 8.10. The van der Waals surface area contributed by atoms with E-state index in [9.17, 15) is 24.5 Å². The highest BCUT2D eigenvalue weighted by Gasteiger charge is 2.20. The number of rotatable bonds is 9. The molecule has 0 fully saturated rings. The molecule has 0 aliphatic rings. The summed E-state index contributed by atoms with van der Waals surface area (Å²) < 4.78 is 9.93. The van der Waals surface area contributed by atoms with Gasteiger partial charge in [-0.25, -0.2) is 9.59 Å². The van der Waals surface area contributed by atoms with Crippen LogP contribution in [0.25, 0.3) is 0 Å². The highest BCUT2D eigenvalue weighted by molar-refractivity contribution is 7.09. The van der Waals surface area contributed by atoms with Crippen LogP contribution in [-0.2, 0) is 16.0 Å². The smallest absolute Gasteiger partial charge is 0.338 e. The van der Waals surface area contributed by atoms with E-state index in [0.29, 0.717) is 13.0 Å². The second-order valence-electron chi connectivity index (χ2n) is 5.58. The Hall–Kier alpha value is -3.47. The SMILES string of the molecule is CCOc1ccc(C(=O)OCC(=O)NC(=O)NCCc2cccs2)cc1[N+](=O)[O-]. The summed E-state index contributed by atoms with van der Waals surface area (Å²) in [6.07, 6.45) is 0.630. The maximum atomic E-state index is 12.0. The zero-order chi connectivity index (χ0) is 21.2. The maximum absolute atomic E-state index is 12.0. The number of benzene rings is 1. The highest BCUT2D eigenvalue weighted by Crippen LogP contribution is 2.28. The molecule has 1 aromatic carbocycles. The Morgan fingerprint density at radius 3 is 2.69 bits per heavy atom. The van der Waals surface area contributed by atoms with E-state index < -0.39 is 35.1 Å². The molecule has 11 heteroatoms. The third-order valence-corrected chi connectivity index (χ3v) is 4.45. The van der Waals surface area contributed by atoms with Gasteiger partial charge in [0.05, 0.1) is 17.1 Å². The van der Waals surface area contributed by atoms with E-state index in [1.807, 2.05) is 22.8 Å². The lowest BCUT2D eigenvalue weighted by atomic mass is 10.2. The van der Waals surface area contributed by atoms with Crippen LogP contribution in [0.15, 0.2) is 35.7 Å². The van der Waals surface area contributed by atoms with Crippen LogP contribution in [0.5, 0.6) is 5.75 Å². The number of hydrogen-bond acceptors (Lipinski definition) is 8. The second kappa shape index (κ2) is 10.8. The molecule has 29 heavy (non-hydrogen) atoms. The number of urea groups is 1. The predicted molar refractivity (Wildman–Crippen MR) is 104 cm³/mol. The summed E-state index contributed by atoms with van der Waals surface area (Å²) in [5.74, 6) is -1.75. The molecule has 0 aliphatic heterocycles. The van der Waals surface area contributed by atoms with Gasteiger partial charge in [-0.3, -0.25) is 20.2 Å². The molecule has 3 amide bonds. The Balaban J connectivity index is 1.80. The largest absolute Gasteiger partial charge is 0.487 e. The van der Waals surface area contributed by atoms with Crippen molar-refractivity contribution in [2.45, 2.75) is 13.3 Å². The molecular formula is C18H19N3O7S. The lowest BCUT2D eigenvalue weighted by molar-refractivity contribution is -0.385. The summed E-state index contributed by atoms with van der Waals surface area (Å²) in [5.41, 5.74) is -0.510. The molecule has 1 aromatic heterocycles.